The van der Waals surface area contributed by atoms with Gasteiger partial charge < -0.3 is 15.4 Å². The van der Waals surface area contributed by atoms with E-state index in [9.17, 15) is 22.8 Å². The van der Waals surface area contributed by atoms with Gasteiger partial charge in [0.25, 0.3) is 27.7 Å². The minimum absolute atomic E-state index is 0.0381. The third-order valence-electron chi connectivity index (χ3n) is 5.19. The maximum absolute atomic E-state index is 12.6. The van der Waals surface area contributed by atoms with Crippen LogP contribution in [0.15, 0.2) is 77.8 Å². The molecule has 1 heterocycles. The van der Waals surface area contributed by atoms with Crippen LogP contribution in [0.25, 0.3) is 0 Å². The number of nitrogens with zero attached hydrogens (tertiary/aromatic N) is 1. The molecule has 0 saturated heterocycles. The molecule has 11 heteroatoms. The zero-order valence-corrected chi connectivity index (χ0v) is 21.1. The molecular formula is C26H28N4O6S. The molecule has 194 valence electrons. The fourth-order valence-electron chi connectivity index (χ4n) is 3.23. The van der Waals surface area contributed by atoms with Crippen molar-refractivity contribution in [3.63, 3.8) is 0 Å². The van der Waals surface area contributed by atoms with Crippen molar-refractivity contribution >= 4 is 27.7 Å². The van der Waals surface area contributed by atoms with Gasteiger partial charge in [-0.25, -0.2) is 13.1 Å². The van der Waals surface area contributed by atoms with E-state index in [1.807, 2.05) is 42.0 Å². The summed E-state index contributed by atoms with van der Waals surface area (Å²) in [6, 6.07) is 17.6. The second-order valence-corrected chi connectivity index (χ2v) is 9.52. The topological polar surface area (TPSA) is 144 Å². The molecule has 10 nitrogen and oxygen atoms in total. The molecule has 3 N–H and O–H groups in total. The van der Waals surface area contributed by atoms with Crippen LogP contribution in [0, 0.1) is 0 Å². The summed E-state index contributed by atoms with van der Waals surface area (Å²) < 4.78 is 32.4. The van der Waals surface area contributed by atoms with E-state index in [1.54, 1.807) is 0 Å². The van der Waals surface area contributed by atoms with E-state index in [4.69, 9.17) is 4.74 Å². The van der Waals surface area contributed by atoms with Crippen molar-refractivity contribution < 1.29 is 27.5 Å². The first-order valence-corrected chi connectivity index (χ1v) is 13.1. The smallest absolute Gasteiger partial charge is 0.269 e. The van der Waals surface area contributed by atoms with E-state index < -0.39 is 21.8 Å². The number of carbonyl (C=O) groups is 3. The summed E-state index contributed by atoms with van der Waals surface area (Å²) in [6.07, 6.45) is 1.78. The normalized spacial score (nSPS) is 10.9. The summed E-state index contributed by atoms with van der Waals surface area (Å²) in [5.74, 6) is -1.68. The number of amides is 3. The van der Waals surface area contributed by atoms with Crippen LogP contribution in [0.2, 0.25) is 0 Å². The van der Waals surface area contributed by atoms with Crippen LogP contribution in [0.5, 0.6) is 0 Å². The molecule has 0 spiro atoms. The average molecular weight is 525 g/mol. The lowest BCUT2D eigenvalue weighted by atomic mass is 10.1. The van der Waals surface area contributed by atoms with Gasteiger partial charge in [-0.3, -0.25) is 19.4 Å². The highest BCUT2D eigenvalue weighted by atomic mass is 32.2. The van der Waals surface area contributed by atoms with Gasteiger partial charge in [0.05, 0.1) is 17.1 Å². The lowest BCUT2D eigenvalue weighted by Crippen LogP contribution is -2.31. The van der Waals surface area contributed by atoms with E-state index in [-0.39, 0.29) is 27.6 Å². The number of ether oxygens (including phenoxy) is 1. The predicted octanol–water partition coefficient (Wildman–Crippen LogP) is 1.94. The van der Waals surface area contributed by atoms with Gasteiger partial charge in [-0.1, -0.05) is 30.3 Å². The third kappa shape index (κ3) is 8.23. The zero-order valence-electron chi connectivity index (χ0n) is 20.3. The first-order valence-electron chi connectivity index (χ1n) is 11.6. The van der Waals surface area contributed by atoms with Gasteiger partial charge in [-0.05, 0) is 55.3 Å². The Kier molecular flexibility index (Phi) is 9.87. The lowest BCUT2D eigenvalue weighted by Gasteiger charge is -2.09. The summed E-state index contributed by atoms with van der Waals surface area (Å²) in [7, 11) is -4.20. The van der Waals surface area contributed by atoms with Crippen LogP contribution in [0.4, 0.5) is 0 Å². The Balaban J connectivity index is 1.54. The van der Waals surface area contributed by atoms with Crippen molar-refractivity contribution in [3.8, 4) is 0 Å². The Morgan fingerprint density at radius 2 is 1.49 bits per heavy atom. The predicted molar refractivity (Wildman–Crippen MR) is 137 cm³/mol. The molecule has 0 atom stereocenters. The number of carbonyl (C=O) groups excluding carboxylic acids is 3. The summed E-state index contributed by atoms with van der Waals surface area (Å²) in [5.41, 5.74) is 1.42. The van der Waals surface area contributed by atoms with Gasteiger partial charge in [0.2, 0.25) is 0 Å². The molecule has 0 aliphatic heterocycles. The maximum atomic E-state index is 12.6. The third-order valence-corrected chi connectivity index (χ3v) is 6.54. The highest BCUT2D eigenvalue weighted by molar-refractivity contribution is 7.90. The molecule has 3 rings (SSSR count). The van der Waals surface area contributed by atoms with Gasteiger partial charge >= 0.3 is 0 Å². The number of rotatable bonds is 12. The fourth-order valence-corrected chi connectivity index (χ4v) is 4.20. The van der Waals surface area contributed by atoms with Gasteiger partial charge in [0, 0.05) is 31.5 Å². The van der Waals surface area contributed by atoms with E-state index in [2.05, 4.69) is 15.6 Å². The summed E-state index contributed by atoms with van der Waals surface area (Å²) in [4.78, 5) is 40.6. The van der Waals surface area contributed by atoms with Gasteiger partial charge in [0.15, 0.2) is 0 Å². The molecule has 0 fully saturated rings. The number of sulfonamides is 1. The molecule has 3 amide bonds. The SMILES string of the molecule is CCOCCNC(=O)c1ccc(C(=O)NS(=O)(=O)c2ccc(C(=O)NCCc3ccccc3)cc2)cn1. The number of hydrogen-bond donors (Lipinski definition) is 3. The van der Waals surface area contributed by atoms with Crippen LogP contribution in [-0.2, 0) is 21.2 Å². The van der Waals surface area contributed by atoms with Crippen molar-refractivity contribution in [2.24, 2.45) is 0 Å². The lowest BCUT2D eigenvalue weighted by molar-refractivity contribution is 0.0914. The number of benzene rings is 2. The highest BCUT2D eigenvalue weighted by Gasteiger charge is 2.20. The minimum Gasteiger partial charge on any atom is -0.380 e. The van der Waals surface area contributed by atoms with E-state index in [0.717, 1.165) is 11.8 Å². The van der Waals surface area contributed by atoms with Crippen molar-refractivity contribution in [1.29, 1.82) is 0 Å². The van der Waals surface area contributed by atoms with Crippen molar-refractivity contribution in [2.45, 2.75) is 18.2 Å². The van der Waals surface area contributed by atoms with Crippen molar-refractivity contribution in [2.75, 3.05) is 26.3 Å². The molecule has 2 aromatic carbocycles. The standard InChI is InChI=1S/C26H28N4O6S/c1-2-36-17-16-28-26(33)23-13-10-21(18-29-23)25(32)30-37(34,35)22-11-8-20(9-12-22)24(31)27-15-14-19-6-4-3-5-7-19/h3-13,18H,2,14-17H2,1H3,(H,27,31)(H,28,33)(H,30,32). The van der Waals surface area contributed by atoms with Gasteiger partial charge in [-0.2, -0.15) is 0 Å². The fraction of sp³-hybridized carbons (Fsp3) is 0.231. The second-order valence-electron chi connectivity index (χ2n) is 7.84. The second kappa shape index (κ2) is 13.3. The van der Waals surface area contributed by atoms with Crippen LogP contribution in [0.1, 0.15) is 43.7 Å². The first-order chi connectivity index (χ1) is 17.8. The molecule has 0 unspecified atom stereocenters. The molecule has 0 aliphatic rings. The first kappa shape index (κ1) is 27.5. The highest BCUT2D eigenvalue weighted by Crippen LogP contribution is 2.12. The quantitative estimate of drug-likeness (QED) is 0.307. The molecule has 0 saturated carbocycles. The van der Waals surface area contributed by atoms with Crippen molar-refractivity contribution in [1.82, 2.24) is 20.3 Å². The molecular weight excluding hydrogens is 496 g/mol. The van der Waals surface area contributed by atoms with Crippen molar-refractivity contribution in [3.05, 3.63) is 95.3 Å². The monoisotopic (exact) mass is 524 g/mol. The number of nitrogens with one attached hydrogen (secondary N) is 3. The van der Waals surface area contributed by atoms with Crippen LogP contribution >= 0.6 is 0 Å². The Labute approximate surface area is 215 Å². The van der Waals surface area contributed by atoms with Crippen LogP contribution in [-0.4, -0.2) is 57.4 Å². The maximum Gasteiger partial charge on any atom is 0.269 e. The van der Waals surface area contributed by atoms with E-state index in [0.29, 0.717) is 32.7 Å². The van der Waals surface area contributed by atoms with Gasteiger partial charge in [-0.15, -0.1) is 0 Å². The number of hydrogen-bond acceptors (Lipinski definition) is 7. The molecule has 0 bridgehead atoms. The summed E-state index contributed by atoms with van der Waals surface area (Å²) in [5, 5.41) is 5.41. The van der Waals surface area contributed by atoms with E-state index >= 15 is 0 Å². The Morgan fingerprint density at radius 1 is 0.811 bits per heavy atom. The summed E-state index contributed by atoms with van der Waals surface area (Å²) in [6.45, 7) is 3.48. The number of pyridine rings is 1. The molecule has 1 aromatic heterocycles. The largest absolute Gasteiger partial charge is 0.380 e. The Bertz CT molecular complexity index is 1310. The molecule has 3 aromatic rings. The van der Waals surface area contributed by atoms with E-state index in [1.165, 1.54) is 36.4 Å². The average Bonchev–Trinajstić information content (AvgIpc) is 2.91. The Hall–Kier alpha value is -4.09. The van der Waals surface area contributed by atoms with Gasteiger partial charge in [0.1, 0.15) is 5.69 Å². The molecule has 0 aliphatic carbocycles. The Morgan fingerprint density at radius 3 is 2.14 bits per heavy atom. The number of aromatic nitrogens is 1. The minimum atomic E-state index is -4.20. The zero-order chi connectivity index (χ0) is 26.7. The van der Waals surface area contributed by atoms with Crippen LogP contribution < -0.4 is 15.4 Å². The summed E-state index contributed by atoms with van der Waals surface area (Å²) >= 11 is 0. The van der Waals surface area contributed by atoms with Crippen LogP contribution in [0.3, 0.4) is 0 Å². The molecule has 0 radical (unpaired) electrons. The molecule has 37 heavy (non-hydrogen) atoms.